The minimum absolute atomic E-state index is 0.000766. The monoisotopic (exact) mass is 352 g/mol. The van der Waals surface area contributed by atoms with Crippen LogP contribution in [0.1, 0.15) is 29.4 Å². The van der Waals surface area contributed by atoms with Crippen LogP contribution in [0.4, 0.5) is 0 Å². The molecule has 0 N–H and O–H groups in total. The Kier molecular flexibility index (Phi) is 4.53. The van der Waals surface area contributed by atoms with Crippen molar-refractivity contribution in [2.75, 3.05) is 26.2 Å². The average molecular weight is 352 g/mol. The van der Waals surface area contributed by atoms with E-state index in [-0.39, 0.29) is 11.9 Å². The van der Waals surface area contributed by atoms with E-state index in [1.807, 2.05) is 42.2 Å². The molecular formula is C19H20N4O3. The van der Waals surface area contributed by atoms with Gasteiger partial charge in [0.15, 0.2) is 5.76 Å². The van der Waals surface area contributed by atoms with Crippen molar-refractivity contribution < 1.29 is 13.7 Å². The fourth-order valence-corrected chi connectivity index (χ4v) is 3.13. The number of nitrogens with zero attached hydrogens (tertiary/aromatic N) is 4. The quantitative estimate of drug-likeness (QED) is 0.719. The standard InChI is InChI=1S/C19H20N4O3/c1-14(18-20-17(21-26-18)15-6-3-2-4-7-15)22-9-11-23(12-10-22)19(24)16-8-5-13-25-16/h2-8,13-14H,9-12H2,1H3/t14-/m1/s1. The van der Waals surface area contributed by atoms with Crippen LogP contribution in [-0.4, -0.2) is 52.0 Å². The zero-order valence-corrected chi connectivity index (χ0v) is 14.5. The van der Waals surface area contributed by atoms with E-state index < -0.39 is 0 Å². The summed E-state index contributed by atoms with van der Waals surface area (Å²) in [7, 11) is 0. The first kappa shape index (κ1) is 16.5. The predicted molar refractivity (Wildman–Crippen MR) is 94.3 cm³/mol. The van der Waals surface area contributed by atoms with Gasteiger partial charge in [-0.1, -0.05) is 35.5 Å². The highest BCUT2D eigenvalue weighted by atomic mass is 16.5. The van der Waals surface area contributed by atoms with Crippen LogP contribution in [0.15, 0.2) is 57.7 Å². The van der Waals surface area contributed by atoms with Gasteiger partial charge in [0.1, 0.15) is 0 Å². The van der Waals surface area contributed by atoms with Crippen LogP contribution in [0, 0.1) is 0 Å². The topological polar surface area (TPSA) is 75.6 Å². The van der Waals surface area contributed by atoms with Gasteiger partial charge in [-0.3, -0.25) is 9.69 Å². The number of carbonyl (C=O) groups excluding carboxylic acids is 1. The van der Waals surface area contributed by atoms with Gasteiger partial charge < -0.3 is 13.8 Å². The normalized spacial score (nSPS) is 16.6. The fraction of sp³-hybridized carbons (Fsp3) is 0.316. The van der Waals surface area contributed by atoms with Gasteiger partial charge in [-0.2, -0.15) is 4.98 Å². The van der Waals surface area contributed by atoms with Gasteiger partial charge in [0.2, 0.25) is 11.7 Å². The lowest BCUT2D eigenvalue weighted by Gasteiger charge is -2.36. The van der Waals surface area contributed by atoms with Crippen LogP contribution in [0.5, 0.6) is 0 Å². The van der Waals surface area contributed by atoms with Crippen LogP contribution < -0.4 is 0 Å². The number of aromatic nitrogens is 2. The second kappa shape index (κ2) is 7.13. The maximum absolute atomic E-state index is 12.3. The smallest absolute Gasteiger partial charge is 0.289 e. The molecule has 3 heterocycles. The van der Waals surface area contributed by atoms with Crippen molar-refractivity contribution in [2.24, 2.45) is 0 Å². The lowest BCUT2D eigenvalue weighted by Crippen LogP contribution is -2.49. The van der Waals surface area contributed by atoms with Gasteiger partial charge in [0, 0.05) is 31.7 Å². The first-order valence-electron chi connectivity index (χ1n) is 8.68. The summed E-state index contributed by atoms with van der Waals surface area (Å²) in [5, 5.41) is 4.09. The molecule has 2 aromatic heterocycles. The molecule has 0 bridgehead atoms. The van der Waals surface area contributed by atoms with Gasteiger partial charge in [-0.25, -0.2) is 0 Å². The van der Waals surface area contributed by atoms with Crippen molar-refractivity contribution in [3.05, 3.63) is 60.4 Å². The minimum Gasteiger partial charge on any atom is -0.459 e. The summed E-state index contributed by atoms with van der Waals surface area (Å²) in [5.74, 6) is 1.51. The van der Waals surface area contributed by atoms with Gasteiger partial charge in [-0.15, -0.1) is 0 Å². The Bertz CT molecular complexity index is 852. The summed E-state index contributed by atoms with van der Waals surface area (Å²) in [4.78, 5) is 20.9. The summed E-state index contributed by atoms with van der Waals surface area (Å²) < 4.78 is 10.7. The van der Waals surface area contributed by atoms with E-state index in [0.717, 1.165) is 18.7 Å². The number of furan rings is 1. The van der Waals surface area contributed by atoms with E-state index in [1.54, 1.807) is 12.1 Å². The molecule has 3 aromatic rings. The predicted octanol–water partition coefficient (Wildman–Crippen LogP) is 2.85. The highest BCUT2D eigenvalue weighted by Crippen LogP contribution is 2.23. The summed E-state index contributed by atoms with van der Waals surface area (Å²) in [6, 6.07) is 13.2. The average Bonchev–Trinajstić information content (AvgIpc) is 3.40. The molecule has 1 atom stereocenters. The molecule has 4 rings (SSSR count). The molecule has 7 nitrogen and oxygen atoms in total. The fourth-order valence-electron chi connectivity index (χ4n) is 3.13. The largest absolute Gasteiger partial charge is 0.459 e. The number of hydrogen-bond donors (Lipinski definition) is 0. The first-order valence-corrected chi connectivity index (χ1v) is 8.68. The number of hydrogen-bond acceptors (Lipinski definition) is 6. The minimum atomic E-state index is -0.0635. The molecular weight excluding hydrogens is 332 g/mol. The third-order valence-electron chi connectivity index (χ3n) is 4.71. The first-order chi connectivity index (χ1) is 12.7. The summed E-state index contributed by atoms with van der Waals surface area (Å²) in [5.41, 5.74) is 0.934. The van der Waals surface area contributed by atoms with Gasteiger partial charge in [0.05, 0.1) is 12.3 Å². The lowest BCUT2D eigenvalue weighted by atomic mass is 10.2. The molecule has 1 aliphatic heterocycles. The molecule has 1 fully saturated rings. The van der Waals surface area contributed by atoms with Crippen molar-refractivity contribution in [3.63, 3.8) is 0 Å². The summed E-state index contributed by atoms with van der Waals surface area (Å²) in [6.07, 6.45) is 1.52. The molecule has 1 aromatic carbocycles. The van der Waals surface area contributed by atoms with Crippen LogP contribution >= 0.6 is 0 Å². The number of rotatable bonds is 4. The lowest BCUT2D eigenvalue weighted by molar-refractivity contribution is 0.0524. The summed E-state index contributed by atoms with van der Waals surface area (Å²) >= 11 is 0. The number of amides is 1. The Hall–Kier alpha value is -2.93. The molecule has 134 valence electrons. The van der Waals surface area contributed by atoms with Crippen molar-refractivity contribution in [3.8, 4) is 11.4 Å². The summed E-state index contributed by atoms with van der Waals surface area (Å²) in [6.45, 7) is 4.83. The van der Waals surface area contributed by atoms with Crippen LogP contribution in [0.2, 0.25) is 0 Å². The van der Waals surface area contributed by atoms with E-state index in [9.17, 15) is 4.79 Å². The van der Waals surface area contributed by atoms with E-state index in [0.29, 0.717) is 30.6 Å². The molecule has 1 aliphatic rings. The third kappa shape index (κ3) is 3.25. The highest BCUT2D eigenvalue weighted by molar-refractivity contribution is 5.91. The van der Waals surface area contributed by atoms with Crippen molar-refractivity contribution >= 4 is 5.91 Å². The Morgan fingerprint density at radius 1 is 1.08 bits per heavy atom. The van der Waals surface area contributed by atoms with E-state index in [2.05, 4.69) is 15.0 Å². The molecule has 26 heavy (non-hydrogen) atoms. The Balaban J connectivity index is 1.39. The van der Waals surface area contributed by atoms with E-state index in [1.165, 1.54) is 6.26 Å². The zero-order valence-electron chi connectivity index (χ0n) is 14.5. The molecule has 1 saturated heterocycles. The Morgan fingerprint density at radius 2 is 1.85 bits per heavy atom. The molecule has 0 radical (unpaired) electrons. The van der Waals surface area contributed by atoms with Crippen molar-refractivity contribution in [2.45, 2.75) is 13.0 Å². The van der Waals surface area contributed by atoms with Gasteiger partial charge in [0.25, 0.3) is 5.91 Å². The number of piperazine rings is 1. The molecule has 0 spiro atoms. The van der Waals surface area contributed by atoms with Crippen LogP contribution in [0.3, 0.4) is 0 Å². The Labute approximate surface area is 151 Å². The molecule has 0 unspecified atom stereocenters. The van der Waals surface area contributed by atoms with Gasteiger partial charge in [-0.05, 0) is 19.1 Å². The zero-order chi connectivity index (χ0) is 17.9. The van der Waals surface area contributed by atoms with Crippen molar-refractivity contribution in [1.29, 1.82) is 0 Å². The maximum atomic E-state index is 12.3. The molecule has 0 aliphatic carbocycles. The van der Waals surface area contributed by atoms with Crippen molar-refractivity contribution in [1.82, 2.24) is 19.9 Å². The van der Waals surface area contributed by atoms with Gasteiger partial charge >= 0.3 is 0 Å². The highest BCUT2D eigenvalue weighted by Gasteiger charge is 2.28. The third-order valence-corrected chi connectivity index (χ3v) is 4.71. The van der Waals surface area contributed by atoms with Crippen LogP contribution in [-0.2, 0) is 0 Å². The Morgan fingerprint density at radius 3 is 2.54 bits per heavy atom. The SMILES string of the molecule is C[C@H](c1nc(-c2ccccc2)no1)N1CCN(C(=O)c2ccco2)CC1. The molecule has 7 heteroatoms. The second-order valence-electron chi connectivity index (χ2n) is 6.30. The van der Waals surface area contributed by atoms with E-state index in [4.69, 9.17) is 8.94 Å². The molecule has 1 amide bonds. The second-order valence-corrected chi connectivity index (χ2v) is 6.30. The maximum Gasteiger partial charge on any atom is 0.289 e. The number of carbonyl (C=O) groups is 1. The van der Waals surface area contributed by atoms with E-state index >= 15 is 0 Å². The number of benzene rings is 1. The molecule has 0 saturated carbocycles. The van der Waals surface area contributed by atoms with Crippen LogP contribution in [0.25, 0.3) is 11.4 Å².